The minimum atomic E-state index is -3.79. The number of hydrogen-bond acceptors (Lipinski definition) is 3. The van der Waals surface area contributed by atoms with Crippen molar-refractivity contribution in [3.63, 3.8) is 0 Å². The number of aryl methyl sites for hydroxylation is 1. The molecule has 3 nitrogen and oxygen atoms in total. The summed E-state index contributed by atoms with van der Waals surface area (Å²) in [5.74, 6) is 0. The van der Waals surface area contributed by atoms with E-state index in [1.165, 1.54) is 109 Å². The predicted octanol–water partition coefficient (Wildman–Crippen LogP) is 11.7. The fraction of sp³-hybridized carbons (Fsp3) is 0.722. The van der Waals surface area contributed by atoms with Gasteiger partial charge in [0.25, 0.3) is 10.1 Å². The molecule has 0 bridgehead atoms. The summed E-state index contributed by atoms with van der Waals surface area (Å²) in [6, 6.07) is 11.9. The highest BCUT2D eigenvalue weighted by Crippen LogP contribution is 2.30. The number of fused-ring (bicyclic) bond motifs is 1. The molecule has 0 saturated carbocycles. The molecule has 0 saturated heterocycles. The molecule has 0 unspecified atom stereocenters. The first-order valence-corrected chi connectivity index (χ1v) is 18.4. The highest BCUT2D eigenvalue weighted by atomic mass is 32.2. The summed E-state index contributed by atoms with van der Waals surface area (Å²) in [4.78, 5) is 0.403. The number of unbranched alkanes of at least 4 members (excludes halogenated alkanes) is 20. The third-order valence-corrected chi connectivity index (χ3v) is 9.71. The van der Waals surface area contributed by atoms with Crippen molar-refractivity contribution in [3.05, 3.63) is 42.0 Å². The van der Waals surface area contributed by atoms with Crippen molar-refractivity contribution in [2.45, 2.75) is 166 Å². The maximum Gasteiger partial charge on any atom is 0.297 e. The molecule has 0 aromatic heterocycles. The quantitative estimate of drug-likeness (QED) is 0.0831. The first-order valence-electron chi connectivity index (χ1n) is 17.0. The molecule has 2 aromatic rings. The van der Waals surface area contributed by atoms with Crippen LogP contribution >= 0.6 is 0 Å². The second-order valence-corrected chi connectivity index (χ2v) is 13.4. The Labute approximate surface area is 248 Å². The van der Waals surface area contributed by atoms with Crippen molar-refractivity contribution in [2.24, 2.45) is 0 Å². The first-order chi connectivity index (χ1) is 19.6. The van der Waals surface area contributed by atoms with Crippen LogP contribution in [0.1, 0.15) is 161 Å². The van der Waals surface area contributed by atoms with Crippen LogP contribution in [0.3, 0.4) is 0 Å². The SMILES string of the molecule is CCCCCCCCCCCCCOS(=O)(=O)c1c(CCCCCCCCCCCCC)ccc2ccccc12. The van der Waals surface area contributed by atoms with E-state index in [1.54, 1.807) is 0 Å². The van der Waals surface area contributed by atoms with Crippen LogP contribution in [0.25, 0.3) is 10.8 Å². The maximum absolute atomic E-state index is 13.4. The molecule has 0 spiro atoms. The van der Waals surface area contributed by atoms with Crippen molar-refractivity contribution in [2.75, 3.05) is 6.61 Å². The molecule has 0 heterocycles. The summed E-state index contributed by atoms with van der Waals surface area (Å²) in [7, 11) is -3.79. The van der Waals surface area contributed by atoms with Gasteiger partial charge in [0.2, 0.25) is 0 Å². The average Bonchev–Trinajstić information content (AvgIpc) is 2.96. The van der Waals surface area contributed by atoms with Gasteiger partial charge >= 0.3 is 0 Å². The average molecular weight is 573 g/mol. The van der Waals surface area contributed by atoms with Gasteiger partial charge in [0.1, 0.15) is 4.90 Å². The van der Waals surface area contributed by atoms with Crippen molar-refractivity contribution >= 4 is 20.9 Å². The van der Waals surface area contributed by atoms with Crippen LogP contribution in [-0.4, -0.2) is 15.0 Å². The Morgan fingerprint density at radius 2 is 0.975 bits per heavy atom. The summed E-state index contributed by atoms with van der Waals surface area (Å²) < 4.78 is 32.5. The molecular formula is C36H60O3S. The Morgan fingerprint density at radius 1 is 0.525 bits per heavy atom. The van der Waals surface area contributed by atoms with Crippen LogP contribution < -0.4 is 0 Å². The monoisotopic (exact) mass is 572 g/mol. The lowest BCUT2D eigenvalue weighted by Crippen LogP contribution is -2.11. The van der Waals surface area contributed by atoms with Gasteiger partial charge in [0.15, 0.2) is 0 Å². The van der Waals surface area contributed by atoms with E-state index in [2.05, 4.69) is 19.9 Å². The van der Waals surface area contributed by atoms with Crippen LogP contribution in [-0.2, 0) is 20.7 Å². The summed E-state index contributed by atoms with van der Waals surface area (Å²) in [5, 5.41) is 1.75. The van der Waals surface area contributed by atoms with Gasteiger partial charge in [-0.3, -0.25) is 4.18 Å². The van der Waals surface area contributed by atoms with Crippen LogP contribution in [0, 0.1) is 0 Å². The Bertz CT molecular complexity index is 998. The van der Waals surface area contributed by atoms with Gasteiger partial charge in [-0.1, -0.05) is 179 Å². The molecule has 0 amide bonds. The number of hydrogen-bond donors (Lipinski definition) is 0. The summed E-state index contributed by atoms with van der Waals surface area (Å²) in [6.45, 7) is 4.81. The standard InChI is InChI=1S/C36H60O3S/c1-3-5-7-9-11-13-15-17-19-21-23-28-34-31-30-33-27-24-25-29-35(33)36(34)40(37,38)39-32-26-22-20-18-16-14-12-10-8-6-4-2/h24-25,27,29-31H,3-23,26,28,32H2,1-2H3. The highest BCUT2D eigenvalue weighted by molar-refractivity contribution is 7.87. The zero-order chi connectivity index (χ0) is 28.7. The third kappa shape index (κ3) is 14.5. The lowest BCUT2D eigenvalue weighted by molar-refractivity contribution is 0.306. The second kappa shape index (κ2) is 22.2. The Hall–Kier alpha value is -1.39. The van der Waals surface area contributed by atoms with Crippen molar-refractivity contribution in [1.82, 2.24) is 0 Å². The first kappa shape index (κ1) is 34.8. The number of rotatable bonds is 26. The minimum Gasteiger partial charge on any atom is -0.266 e. The largest absolute Gasteiger partial charge is 0.297 e. The van der Waals surface area contributed by atoms with Gasteiger partial charge in [-0.25, -0.2) is 0 Å². The molecular weight excluding hydrogens is 512 g/mol. The van der Waals surface area contributed by atoms with Crippen LogP contribution in [0.2, 0.25) is 0 Å². The van der Waals surface area contributed by atoms with Crippen molar-refractivity contribution < 1.29 is 12.6 Å². The minimum absolute atomic E-state index is 0.278. The van der Waals surface area contributed by atoms with Crippen LogP contribution in [0.4, 0.5) is 0 Å². The van der Waals surface area contributed by atoms with E-state index in [9.17, 15) is 8.42 Å². The third-order valence-electron chi connectivity index (χ3n) is 8.25. The van der Waals surface area contributed by atoms with Gasteiger partial charge in [-0.15, -0.1) is 0 Å². The van der Waals surface area contributed by atoms with Gasteiger partial charge in [0, 0.05) is 5.39 Å². The molecule has 228 valence electrons. The van der Waals surface area contributed by atoms with E-state index < -0.39 is 10.1 Å². The molecule has 4 heteroatoms. The second-order valence-electron chi connectivity index (χ2n) is 11.9. The number of benzene rings is 2. The van der Waals surface area contributed by atoms with Gasteiger partial charge in [-0.05, 0) is 30.2 Å². The molecule has 0 aliphatic heterocycles. The molecule has 2 aromatic carbocycles. The molecule has 0 fully saturated rings. The lowest BCUT2D eigenvalue weighted by Gasteiger charge is -2.14. The Kier molecular flexibility index (Phi) is 19.4. The van der Waals surface area contributed by atoms with E-state index in [1.807, 2.05) is 30.3 Å². The molecule has 2 rings (SSSR count). The zero-order valence-corrected chi connectivity index (χ0v) is 26.9. The predicted molar refractivity (Wildman–Crippen MR) is 174 cm³/mol. The molecule has 40 heavy (non-hydrogen) atoms. The van der Waals surface area contributed by atoms with E-state index in [-0.39, 0.29) is 6.61 Å². The molecule has 0 atom stereocenters. The smallest absolute Gasteiger partial charge is 0.266 e. The molecule has 0 N–H and O–H groups in total. The summed E-state index contributed by atoms with van der Waals surface area (Å²) in [6.07, 6.45) is 28.6. The Morgan fingerprint density at radius 3 is 1.50 bits per heavy atom. The molecule has 0 radical (unpaired) electrons. The fourth-order valence-corrected chi connectivity index (χ4v) is 7.16. The van der Waals surface area contributed by atoms with E-state index in [4.69, 9.17) is 4.18 Å². The van der Waals surface area contributed by atoms with Crippen LogP contribution in [0.15, 0.2) is 41.3 Å². The van der Waals surface area contributed by atoms with E-state index in [0.717, 1.165) is 54.9 Å². The van der Waals surface area contributed by atoms with Crippen molar-refractivity contribution in [3.8, 4) is 0 Å². The maximum atomic E-state index is 13.4. The molecule has 0 aliphatic carbocycles. The van der Waals surface area contributed by atoms with Gasteiger partial charge < -0.3 is 0 Å². The Balaban J connectivity index is 1.75. The van der Waals surface area contributed by atoms with Gasteiger partial charge in [0.05, 0.1) is 6.61 Å². The van der Waals surface area contributed by atoms with Gasteiger partial charge in [-0.2, -0.15) is 8.42 Å². The normalized spacial score (nSPS) is 11.9. The topological polar surface area (TPSA) is 43.4 Å². The van der Waals surface area contributed by atoms with E-state index in [0.29, 0.717) is 4.90 Å². The summed E-state index contributed by atoms with van der Waals surface area (Å²) in [5.41, 5.74) is 0.911. The fourth-order valence-electron chi connectivity index (χ4n) is 5.75. The zero-order valence-electron chi connectivity index (χ0n) is 26.1. The lowest BCUT2D eigenvalue weighted by atomic mass is 10.0. The van der Waals surface area contributed by atoms with E-state index >= 15 is 0 Å². The van der Waals surface area contributed by atoms with Crippen LogP contribution in [0.5, 0.6) is 0 Å². The molecule has 0 aliphatic rings. The summed E-state index contributed by atoms with van der Waals surface area (Å²) >= 11 is 0. The highest BCUT2D eigenvalue weighted by Gasteiger charge is 2.22. The van der Waals surface area contributed by atoms with Crippen molar-refractivity contribution in [1.29, 1.82) is 0 Å².